The summed E-state index contributed by atoms with van der Waals surface area (Å²) in [6, 6.07) is 5.93. The Morgan fingerprint density at radius 3 is 2.48 bits per heavy atom. The van der Waals surface area contributed by atoms with Gasteiger partial charge in [-0.05, 0) is 60.8 Å². The number of rotatable bonds is 6. The topological polar surface area (TPSA) is 66.8 Å². The van der Waals surface area contributed by atoms with E-state index in [4.69, 9.17) is 4.74 Å². The summed E-state index contributed by atoms with van der Waals surface area (Å²) in [6.07, 6.45) is 5.35. The molecular formula is C17H25NO4S. The molecule has 128 valence electrons. The molecule has 5 nitrogen and oxygen atoms in total. The molecule has 0 bridgehead atoms. The van der Waals surface area contributed by atoms with Gasteiger partial charge in [-0.1, -0.05) is 6.07 Å². The zero-order valence-electron chi connectivity index (χ0n) is 13.6. The van der Waals surface area contributed by atoms with Crippen LogP contribution < -0.4 is 4.74 Å². The minimum atomic E-state index is -3.06. The van der Waals surface area contributed by atoms with Crippen molar-refractivity contribution in [3.63, 3.8) is 0 Å². The Labute approximate surface area is 138 Å². The standard InChI is InChI=1S/C17H25NO4S/c1-23(20,21)18-8-6-13(7-9-18)12-22-17-5-2-14(11-19)10-16(17)15-3-4-15/h2,5,10,13,15,19H,3-4,6-9,11-12H2,1H3. The second-order valence-corrected chi connectivity index (χ2v) is 8.70. The smallest absolute Gasteiger partial charge is 0.211 e. The van der Waals surface area contributed by atoms with E-state index in [-0.39, 0.29) is 6.61 Å². The van der Waals surface area contributed by atoms with Gasteiger partial charge >= 0.3 is 0 Å². The largest absolute Gasteiger partial charge is 0.493 e. The number of ether oxygens (including phenoxy) is 1. The summed E-state index contributed by atoms with van der Waals surface area (Å²) >= 11 is 0. The van der Waals surface area contributed by atoms with Gasteiger partial charge in [-0.25, -0.2) is 12.7 Å². The highest BCUT2D eigenvalue weighted by molar-refractivity contribution is 7.88. The van der Waals surface area contributed by atoms with Gasteiger partial charge in [0.25, 0.3) is 0 Å². The van der Waals surface area contributed by atoms with Gasteiger partial charge in [-0.2, -0.15) is 0 Å². The van der Waals surface area contributed by atoms with E-state index in [1.165, 1.54) is 24.7 Å². The summed E-state index contributed by atoms with van der Waals surface area (Å²) in [4.78, 5) is 0. The number of hydrogen-bond donors (Lipinski definition) is 1. The van der Waals surface area contributed by atoms with Crippen molar-refractivity contribution in [2.24, 2.45) is 5.92 Å². The molecule has 1 aromatic rings. The normalized spacial score (nSPS) is 20.6. The highest BCUT2D eigenvalue weighted by atomic mass is 32.2. The predicted octanol–water partition coefficient (Wildman–Crippen LogP) is 2.11. The number of nitrogens with zero attached hydrogens (tertiary/aromatic N) is 1. The average molecular weight is 339 g/mol. The summed E-state index contributed by atoms with van der Waals surface area (Å²) < 4.78 is 30.7. The van der Waals surface area contributed by atoms with E-state index in [2.05, 4.69) is 6.07 Å². The van der Waals surface area contributed by atoms with Gasteiger partial charge < -0.3 is 9.84 Å². The van der Waals surface area contributed by atoms with Gasteiger partial charge in [0.1, 0.15) is 5.75 Å². The van der Waals surface area contributed by atoms with Crippen LogP contribution in [-0.2, 0) is 16.6 Å². The lowest BCUT2D eigenvalue weighted by Gasteiger charge is -2.30. The maximum absolute atomic E-state index is 11.5. The summed E-state index contributed by atoms with van der Waals surface area (Å²) in [6.45, 7) is 1.87. The third-order valence-electron chi connectivity index (χ3n) is 4.79. The van der Waals surface area contributed by atoms with Crippen LogP contribution in [-0.4, -0.2) is 43.8 Å². The minimum Gasteiger partial charge on any atom is -0.493 e. The van der Waals surface area contributed by atoms with Crippen LogP contribution in [0.2, 0.25) is 0 Å². The van der Waals surface area contributed by atoms with Crippen LogP contribution in [0.25, 0.3) is 0 Å². The first kappa shape index (κ1) is 16.7. The van der Waals surface area contributed by atoms with E-state index < -0.39 is 10.0 Å². The fourth-order valence-electron chi connectivity index (χ4n) is 3.16. The monoisotopic (exact) mass is 339 g/mol. The molecule has 6 heteroatoms. The zero-order chi connectivity index (χ0) is 16.4. The van der Waals surface area contributed by atoms with Gasteiger partial charge in [-0.15, -0.1) is 0 Å². The van der Waals surface area contributed by atoms with Crippen LogP contribution in [0.5, 0.6) is 5.75 Å². The van der Waals surface area contributed by atoms with E-state index >= 15 is 0 Å². The molecule has 0 radical (unpaired) electrons. The molecule has 0 spiro atoms. The van der Waals surface area contributed by atoms with E-state index in [0.29, 0.717) is 31.5 Å². The van der Waals surface area contributed by atoms with E-state index in [9.17, 15) is 13.5 Å². The molecule has 0 aromatic heterocycles. The second kappa shape index (κ2) is 6.79. The third kappa shape index (κ3) is 4.25. The Morgan fingerprint density at radius 2 is 1.91 bits per heavy atom. The molecule has 1 aromatic carbocycles. The van der Waals surface area contributed by atoms with Crippen LogP contribution in [0.1, 0.15) is 42.7 Å². The molecule has 3 rings (SSSR count). The fraction of sp³-hybridized carbons (Fsp3) is 0.647. The van der Waals surface area contributed by atoms with Gasteiger partial charge in [0.15, 0.2) is 0 Å². The molecule has 0 amide bonds. The number of sulfonamides is 1. The summed E-state index contributed by atoms with van der Waals surface area (Å²) in [5, 5.41) is 9.28. The molecule has 1 aliphatic carbocycles. The van der Waals surface area contributed by atoms with Crippen LogP contribution in [0.15, 0.2) is 18.2 Å². The first-order valence-electron chi connectivity index (χ1n) is 8.29. The van der Waals surface area contributed by atoms with Crippen LogP contribution in [0.3, 0.4) is 0 Å². The molecule has 2 aliphatic rings. The molecule has 1 N–H and O–H groups in total. The maximum Gasteiger partial charge on any atom is 0.211 e. The van der Waals surface area contributed by atoms with Crippen molar-refractivity contribution < 1.29 is 18.3 Å². The number of piperidine rings is 1. The predicted molar refractivity (Wildman–Crippen MR) is 89.0 cm³/mol. The van der Waals surface area contributed by atoms with Gasteiger partial charge in [0.2, 0.25) is 10.0 Å². The minimum absolute atomic E-state index is 0.0595. The van der Waals surface area contributed by atoms with Crippen molar-refractivity contribution in [2.75, 3.05) is 26.0 Å². The van der Waals surface area contributed by atoms with E-state index in [1.807, 2.05) is 12.1 Å². The van der Waals surface area contributed by atoms with Crippen molar-refractivity contribution in [1.29, 1.82) is 0 Å². The Kier molecular flexibility index (Phi) is 4.94. The van der Waals surface area contributed by atoms with Crippen LogP contribution in [0, 0.1) is 5.92 Å². The van der Waals surface area contributed by atoms with E-state index in [0.717, 1.165) is 24.2 Å². The lowest BCUT2D eigenvalue weighted by molar-refractivity contribution is 0.184. The van der Waals surface area contributed by atoms with Crippen LogP contribution in [0.4, 0.5) is 0 Å². The third-order valence-corrected chi connectivity index (χ3v) is 6.09. The number of aliphatic hydroxyl groups excluding tert-OH is 1. The van der Waals surface area contributed by atoms with Gasteiger partial charge in [-0.3, -0.25) is 0 Å². The van der Waals surface area contributed by atoms with Crippen molar-refractivity contribution in [3.8, 4) is 5.75 Å². The van der Waals surface area contributed by atoms with Gasteiger partial charge in [0.05, 0.1) is 19.5 Å². The SMILES string of the molecule is CS(=O)(=O)N1CCC(COc2ccc(CO)cc2C2CC2)CC1. The Morgan fingerprint density at radius 1 is 1.22 bits per heavy atom. The maximum atomic E-state index is 11.5. The summed E-state index contributed by atoms with van der Waals surface area (Å²) in [5.41, 5.74) is 2.14. The number of hydrogen-bond acceptors (Lipinski definition) is 4. The Bertz CT molecular complexity index is 647. The Balaban J connectivity index is 1.57. The molecule has 1 heterocycles. The molecule has 1 aliphatic heterocycles. The van der Waals surface area contributed by atoms with Crippen molar-refractivity contribution in [1.82, 2.24) is 4.31 Å². The number of aliphatic hydroxyl groups is 1. The molecule has 2 fully saturated rings. The lowest BCUT2D eigenvalue weighted by atomic mass is 9.99. The fourth-order valence-corrected chi connectivity index (χ4v) is 4.03. The Hall–Kier alpha value is -1.11. The number of benzene rings is 1. The summed E-state index contributed by atoms with van der Waals surface area (Å²) in [5.74, 6) is 1.90. The highest BCUT2D eigenvalue weighted by Crippen LogP contribution is 2.44. The molecule has 23 heavy (non-hydrogen) atoms. The first-order valence-corrected chi connectivity index (χ1v) is 10.1. The first-order chi connectivity index (χ1) is 11.0. The molecule has 0 atom stereocenters. The quantitative estimate of drug-likeness (QED) is 0.862. The lowest BCUT2D eigenvalue weighted by Crippen LogP contribution is -2.39. The second-order valence-electron chi connectivity index (χ2n) is 6.72. The molecule has 0 unspecified atom stereocenters. The molecule has 1 saturated heterocycles. The van der Waals surface area contributed by atoms with Gasteiger partial charge in [0, 0.05) is 13.1 Å². The average Bonchev–Trinajstić information content (AvgIpc) is 3.37. The molecule has 1 saturated carbocycles. The van der Waals surface area contributed by atoms with Crippen LogP contribution >= 0.6 is 0 Å². The van der Waals surface area contributed by atoms with Crippen molar-refractivity contribution >= 4 is 10.0 Å². The van der Waals surface area contributed by atoms with Crippen molar-refractivity contribution in [3.05, 3.63) is 29.3 Å². The highest BCUT2D eigenvalue weighted by Gasteiger charge is 2.28. The summed E-state index contributed by atoms with van der Waals surface area (Å²) in [7, 11) is -3.06. The molecular weight excluding hydrogens is 314 g/mol. The zero-order valence-corrected chi connectivity index (χ0v) is 14.4. The van der Waals surface area contributed by atoms with E-state index in [1.54, 1.807) is 4.31 Å². The van der Waals surface area contributed by atoms with Crippen molar-refractivity contribution in [2.45, 2.75) is 38.2 Å².